The van der Waals surface area contributed by atoms with Gasteiger partial charge in [-0.2, -0.15) is 0 Å². The molecule has 0 saturated carbocycles. The van der Waals surface area contributed by atoms with Gasteiger partial charge in [-0.3, -0.25) is 14.6 Å². The number of aliphatic hydroxyl groups is 2. The fourth-order valence-electron chi connectivity index (χ4n) is 3.72. The Morgan fingerprint density at radius 3 is 2.36 bits per heavy atom. The van der Waals surface area contributed by atoms with Crippen molar-refractivity contribution in [2.24, 2.45) is 0 Å². The predicted molar refractivity (Wildman–Crippen MR) is 172 cm³/mol. The zero-order valence-corrected chi connectivity index (χ0v) is 26.8. The molecule has 0 fully saturated rings. The van der Waals surface area contributed by atoms with Crippen LogP contribution in [0.5, 0.6) is 5.75 Å². The number of rotatable bonds is 14. The van der Waals surface area contributed by atoms with Crippen LogP contribution in [-0.2, 0) is 16.1 Å². The summed E-state index contributed by atoms with van der Waals surface area (Å²) in [6, 6.07) is 10.9. The standard InChI is InChI=1S/C29H36ClN3O5.2C2H6/c1-5-17-33(20(3)11-7-8-12-22(30)6-2)29(37)27(35)26(34)28(36)32-19-23-16-15-21(18-31-23)24-13-9-10-14-25(24)38-4;2*1-2/h6-10,12-16,18,20,26-27,34-35H,2,5,11,17,19H2,1,3-4H3,(H,32,36);2*1-2H3/b8-7-,22-12+;;. The Morgan fingerprint density at radius 1 is 1.12 bits per heavy atom. The molecule has 232 valence electrons. The van der Waals surface area contributed by atoms with Crippen molar-refractivity contribution in [3.63, 3.8) is 0 Å². The number of aromatic nitrogens is 1. The number of amides is 2. The number of nitrogens with zero attached hydrogens (tertiary/aromatic N) is 2. The van der Waals surface area contributed by atoms with E-state index in [1.54, 1.807) is 31.5 Å². The molecular formula is C33H48ClN3O5. The smallest absolute Gasteiger partial charge is 0.254 e. The maximum absolute atomic E-state index is 12.9. The number of hydrogen-bond donors (Lipinski definition) is 3. The Balaban J connectivity index is 0.00000402. The Labute approximate surface area is 256 Å². The molecule has 0 bridgehead atoms. The largest absolute Gasteiger partial charge is 0.496 e. The van der Waals surface area contributed by atoms with E-state index in [4.69, 9.17) is 16.3 Å². The van der Waals surface area contributed by atoms with Gasteiger partial charge in [0.15, 0.2) is 12.2 Å². The second-order valence-corrected chi connectivity index (χ2v) is 9.08. The van der Waals surface area contributed by atoms with Crippen LogP contribution in [0, 0.1) is 0 Å². The van der Waals surface area contributed by atoms with E-state index in [9.17, 15) is 19.8 Å². The molecule has 0 saturated heterocycles. The van der Waals surface area contributed by atoms with E-state index in [1.807, 2.05) is 78.0 Å². The highest BCUT2D eigenvalue weighted by Crippen LogP contribution is 2.28. The normalized spacial score (nSPS) is 13.0. The quantitative estimate of drug-likeness (QED) is 0.228. The van der Waals surface area contributed by atoms with Crippen LogP contribution >= 0.6 is 11.6 Å². The summed E-state index contributed by atoms with van der Waals surface area (Å²) in [6.07, 6.45) is 5.76. The van der Waals surface area contributed by atoms with Crippen LogP contribution in [0.1, 0.15) is 60.1 Å². The number of benzene rings is 1. The van der Waals surface area contributed by atoms with Gasteiger partial charge >= 0.3 is 0 Å². The number of methoxy groups -OCH3 is 1. The van der Waals surface area contributed by atoms with Gasteiger partial charge < -0.3 is 25.2 Å². The first kappa shape index (κ1) is 38.5. The van der Waals surface area contributed by atoms with Crippen molar-refractivity contribution in [2.45, 2.75) is 79.2 Å². The number of allylic oxidation sites excluding steroid dienone is 4. The molecule has 2 amide bonds. The Hall–Kier alpha value is -3.46. The first-order valence-electron chi connectivity index (χ1n) is 14.4. The van der Waals surface area contributed by atoms with E-state index in [0.29, 0.717) is 35.9 Å². The Bertz CT molecular complexity index is 1130. The van der Waals surface area contributed by atoms with Crippen molar-refractivity contribution < 1.29 is 24.5 Å². The van der Waals surface area contributed by atoms with Crippen molar-refractivity contribution in [3.05, 3.63) is 84.2 Å². The minimum Gasteiger partial charge on any atom is -0.496 e. The minimum absolute atomic E-state index is 0.0175. The molecule has 42 heavy (non-hydrogen) atoms. The third kappa shape index (κ3) is 12.6. The SMILES string of the molecule is C=C/C(Cl)=C\C=C/CC(C)N(CCC)C(=O)C(O)C(O)C(=O)NCc1ccc(-c2ccccc2OC)cn1.CC.CC. The minimum atomic E-state index is -1.92. The van der Waals surface area contributed by atoms with Gasteiger partial charge in [0.05, 0.1) is 19.3 Å². The molecular weight excluding hydrogens is 554 g/mol. The zero-order valence-electron chi connectivity index (χ0n) is 26.0. The molecule has 1 aromatic carbocycles. The number of carbonyl (C=O) groups is 2. The van der Waals surface area contributed by atoms with Crippen LogP contribution in [0.2, 0.25) is 0 Å². The van der Waals surface area contributed by atoms with Crippen molar-refractivity contribution in [1.29, 1.82) is 0 Å². The molecule has 8 nitrogen and oxygen atoms in total. The zero-order chi connectivity index (χ0) is 32.1. The average Bonchev–Trinajstić information content (AvgIpc) is 3.05. The lowest BCUT2D eigenvalue weighted by molar-refractivity contribution is -0.154. The summed E-state index contributed by atoms with van der Waals surface area (Å²) in [5, 5.41) is 23.9. The van der Waals surface area contributed by atoms with E-state index in [-0.39, 0.29) is 12.6 Å². The summed E-state index contributed by atoms with van der Waals surface area (Å²) in [4.78, 5) is 31.3. The van der Waals surface area contributed by atoms with Gasteiger partial charge in [-0.05, 0) is 38.0 Å². The van der Waals surface area contributed by atoms with E-state index in [2.05, 4.69) is 16.9 Å². The summed E-state index contributed by atoms with van der Waals surface area (Å²) in [6.45, 7) is 15.7. The monoisotopic (exact) mass is 601 g/mol. The third-order valence-corrected chi connectivity index (χ3v) is 6.13. The molecule has 3 unspecified atom stereocenters. The van der Waals surface area contributed by atoms with Gasteiger partial charge in [-0.25, -0.2) is 0 Å². The molecule has 0 radical (unpaired) electrons. The number of para-hydroxylation sites is 1. The lowest BCUT2D eigenvalue weighted by Crippen LogP contribution is -2.52. The highest BCUT2D eigenvalue weighted by atomic mass is 35.5. The molecule has 3 N–H and O–H groups in total. The predicted octanol–water partition coefficient (Wildman–Crippen LogP) is 6.03. The highest BCUT2D eigenvalue weighted by molar-refractivity contribution is 6.31. The van der Waals surface area contributed by atoms with Crippen molar-refractivity contribution >= 4 is 23.4 Å². The second kappa shape index (κ2) is 22.2. The van der Waals surface area contributed by atoms with Gasteiger partial charge in [0.25, 0.3) is 11.8 Å². The molecule has 0 aliphatic heterocycles. The summed E-state index contributed by atoms with van der Waals surface area (Å²) in [7, 11) is 1.60. The van der Waals surface area contributed by atoms with E-state index in [0.717, 1.165) is 11.1 Å². The van der Waals surface area contributed by atoms with Crippen molar-refractivity contribution in [3.8, 4) is 16.9 Å². The summed E-state index contributed by atoms with van der Waals surface area (Å²) >= 11 is 5.88. The fraction of sp³-hybridized carbons (Fsp3) is 0.424. The molecule has 1 heterocycles. The van der Waals surface area contributed by atoms with E-state index < -0.39 is 24.0 Å². The number of hydrogen-bond acceptors (Lipinski definition) is 6. The fourth-order valence-corrected chi connectivity index (χ4v) is 3.79. The molecule has 2 rings (SSSR count). The van der Waals surface area contributed by atoms with Gasteiger partial charge in [-0.15, -0.1) is 0 Å². The molecule has 1 aromatic heterocycles. The lowest BCUT2D eigenvalue weighted by atomic mass is 10.1. The lowest BCUT2D eigenvalue weighted by Gasteiger charge is -2.31. The maximum atomic E-state index is 12.9. The molecule has 9 heteroatoms. The Kier molecular flexibility index (Phi) is 20.4. The topological polar surface area (TPSA) is 112 Å². The van der Waals surface area contributed by atoms with Crippen LogP contribution < -0.4 is 10.1 Å². The van der Waals surface area contributed by atoms with Gasteiger partial charge in [0.2, 0.25) is 0 Å². The number of nitrogens with one attached hydrogen (secondary N) is 1. The molecule has 2 aromatic rings. The molecule has 0 aliphatic rings. The second-order valence-electron chi connectivity index (χ2n) is 8.65. The van der Waals surface area contributed by atoms with Crippen LogP contribution in [-0.4, -0.2) is 63.8 Å². The molecule has 0 spiro atoms. The number of ether oxygens (including phenoxy) is 1. The number of carbonyl (C=O) groups excluding carboxylic acids is 2. The van der Waals surface area contributed by atoms with Crippen LogP contribution in [0.3, 0.4) is 0 Å². The molecule has 3 atom stereocenters. The first-order valence-corrected chi connectivity index (χ1v) is 14.8. The molecule has 0 aliphatic carbocycles. The summed E-state index contributed by atoms with van der Waals surface area (Å²) in [5.41, 5.74) is 2.27. The number of aliphatic hydroxyl groups excluding tert-OH is 2. The van der Waals surface area contributed by atoms with Crippen molar-refractivity contribution in [1.82, 2.24) is 15.2 Å². The average molecular weight is 602 g/mol. The number of pyridine rings is 1. The van der Waals surface area contributed by atoms with Gasteiger partial charge in [0, 0.05) is 34.9 Å². The summed E-state index contributed by atoms with van der Waals surface area (Å²) in [5.74, 6) is -0.863. The Morgan fingerprint density at radius 2 is 1.79 bits per heavy atom. The van der Waals surface area contributed by atoms with Crippen LogP contribution in [0.15, 0.2) is 78.5 Å². The maximum Gasteiger partial charge on any atom is 0.254 e. The van der Waals surface area contributed by atoms with Crippen LogP contribution in [0.25, 0.3) is 11.1 Å². The van der Waals surface area contributed by atoms with Crippen molar-refractivity contribution in [2.75, 3.05) is 13.7 Å². The van der Waals surface area contributed by atoms with Crippen LogP contribution in [0.4, 0.5) is 0 Å². The highest BCUT2D eigenvalue weighted by Gasteiger charge is 2.34. The number of halogens is 1. The van der Waals surface area contributed by atoms with E-state index >= 15 is 0 Å². The van der Waals surface area contributed by atoms with E-state index in [1.165, 1.54) is 11.0 Å². The third-order valence-electron chi connectivity index (χ3n) is 5.85. The summed E-state index contributed by atoms with van der Waals surface area (Å²) < 4.78 is 5.38. The van der Waals surface area contributed by atoms with Gasteiger partial charge in [0.1, 0.15) is 5.75 Å². The first-order chi connectivity index (χ1) is 20.2. The van der Waals surface area contributed by atoms with Gasteiger partial charge in [-0.1, -0.05) is 95.3 Å².